The fourth-order valence-electron chi connectivity index (χ4n) is 1.64. The molecule has 1 heterocycles. The van der Waals surface area contributed by atoms with Gasteiger partial charge in [0.25, 0.3) is 0 Å². The first-order valence-corrected chi connectivity index (χ1v) is 4.14. The fourth-order valence-corrected chi connectivity index (χ4v) is 1.64. The molecule has 0 atom stereocenters. The summed E-state index contributed by atoms with van der Waals surface area (Å²) in [5, 5.41) is 9.48. The van der Waals surface area contributed by atoms with Crippen LogP contribution in [0.1, 0.15) is 11.1 Å². The predicted octanol–water partition coefficient (Wildman–Crippen LogP) is -1.05. The molecule has 13 heavy (non-hydrogen) atoms. The van der Waals surface area contributed by atoms with Gasteiger partial charge in [-0.15, -0.1) is 0 Å². The molecule has 5 heteroatoms. The summed E-state index contributed by atoms with van der Waals surface area (Å²) in [6.07, 6.45) is 0. The Morgan fingerprint density at radius 2 is 2.31 bits per heavy atom. The van der Waals surface area contributed by atoms with Crippen LogP contribution in [0, 0.1) is 0 Å². The lowest BCUT2D eigenvalue weighted by molar-refractivity contribution is 0.275. The van der Waals surface area contributed by atoms with E-state index in [0.29, 0.717) is 18.8 Å². The molecule has 0 bridgehead atoms. The lowest BCUT2D eigenvalue weighted by Gasteiger charge is -2.08. The number of anilines is 1. The van der Waals surface area contributed by atoms with E-state index in [-0.39, 0.29) is 0 Å². The van der Waals surface area contributed by atoms with E-state index >= 15 is 0 Å². The predicted molar refractivity (Wildman–Crippen MR) is 51.1 cm³/mol. The van der Waals surface area contributed by atoms with Crippen molar-refractivity contribution in [2.45, 2.75) is 13.2 Å². The van der Waals surface area contributed by atoms with Crippen LogP contribution in [0.2, 0.25) is 0 Å². The number of hydrogen-bond donors (Lipinski definition) is 3. The second-order valence-corrected chi connectivity index (χ2v) is 3.07. The van der Waals surface area contributed by atoms with E-state index in [1.54, 1.807) is 6.07 Å². The number of benzene rings is 1. The van der Waals surface area contributed by atoms with E-state index in [1.807, 2.05) is 6.07 Å². The summed E-state index contributed by atoms with van der Waals surface area (Å²) in [7, 11) is -0.864. The third kappa shape index (κ3) is 1.21. The van der Waals surface area contributed by atoms with E-state index in [9.17, 15) is 5.02 Å². The number of fused-ring (bicyclic) bond motifs is 1. The van der Waals surface area contributed by atoms with Gasteiger partial charge in [-0.1, -0.05) is 6.07 Å². The minimum absolute atomic E-state index is 0.329. The van der Waals surface area contributed by atoms with Gasteiger partial charge in [0, 0.05) is 12.2 Å². The first kappa shape index (κ1) is 8.56. The molecule has 0 unspecified atom stereocenters. The highest BCUT2D eigenvalue weighted by Crippen LogP contribution is 2.17. The Hall–Kier alpha value is -1.04. The minimum Gasteiger partial charge on any atom is -0.423 e. The highest BCUT2D eigenvalue weighted by Gasteiger charge is 2.30. The highest BCUT2D eigenvalue weighted by atomic mass is 16.5. The maximum absolute atomic E-state index is 9.48. The van der Waals surface area contributed by atoms with Gasteiger partial charge in [0.05, 0.1) is 6.61 Å². The van der Waals surface area contributed by atoms with Crippen LogP contribution >= 0.6 is 0 Å². The molecule has 5 N–H and O–H groups in total. The molecule has 0 saturated carbocycles. The first-order valence-electron chi connectivity index (χ1n) is 4.14. The fraction of sp³-hybridized carbons (Fsp3) is 0.250. The zero-order valence-electron chi connectivity index (χ0n) is 7.16. The minimum atomic E-state index is -0.864. The van der Waals surface area contributed by atoms with Crippen molar-refractivity contribution in [2.24, 2.45) is 5.73 Å². The van der Waals surface area contributed by atoms with Crippen LogP contribution in [0.3, 0.4) is 0 Å². The average molecular weight is 178 g/mol. The summed E-state index contributed by atoms with van der Waals surface area (Å²) in [5.41, 5.74) is 14.4. The van der Waals surface area contributed by atoms with Crippen molar-refractivity contribution in [1.82, 2.24) is 0 Å². The molecule has 2 rings (SSSR count). The lowest BCUT2D eigenvalue weighted by atomic mass is 9.75. The molecule has 0 radical (unpaired) electrons. The third-order valence-electron chi connectivity index (χ3n) is 2.33. The van der Waals surface area contributed by atoms with Crippen LogP contribution in [-0.2, 0) is 17.8 Å². The summed E-state index contributed by atoms with van der Waals surface area (Å²) >= 11 is 0. The second-order valence-electron chi connectivity index (χ2n) is 3.07. The molecule has 0 aromatic heterocycles. The van der Waals surface area contributed by atoms with Gasteiger partial charge in [0.2, 0.25) is 0 Å². The largest absolute Gasteiger partial charge is 0.492 e. The van der Waals surface area contributed by atoms with E-state index in [4.69, 9.17) is 16.1 Å². The quantitative estimate of drug-likeness (QED) is 0.378. The molecule has 4 nitrogen and oxygen atoms in total. The van der Waals surface area contributed by atoms with Crippen molar-refractivity contribution < 1.29 is 9.68 Å². The Labute approximate surface area is 76.6 Å². The summed E-state index contributed by atoms with van der Waals surface area (Å²) in [5.74, 6) is 0. The summed E-state index contributed by atoms with van der Waals surface area (Å²) in [4.78, 5) is 0. The Bertz CT molecular complexity index is 343. The van der Waals surface area contributed by atoms with Crippen molar-refractivity contribution in [2.75, 3.05) is 5.73 Å². The molecule has 0 saturated heterocycles. The van der Waals surface area contributed by atoms with E-state index in [1.165, 1.54) is 0 Å². The number of nitrogen functional groups attached to an aromatic ring is 1. The number of nitrogens with two attached hydrogens (primary N) is 2. The SMILES string of the molecule is NCc1c(N)ccc2c1B(O)OC2. The molecule has 0 fully saturated rings. The van der Waals surface area contributed by atoms with Crippen molar-refractivity contribution in [1.29, 1.82) is 0 Å². The van der Waals surface area contributed by atoms with Crippen molar-refractivity contribution in [3.63, 3.8) is 0 Å². The zero-order valence-corrected chi connectivity index (χ0v) is 7.16. The second kappa shape index (κ2) is 3.03. The normalized spacial score (nSPS) is 14.8. The molecular weight excluding hydrogens is 167 g/mol. The maximum Gasteiger partial charge on any atom is 0.492 e. The van der Waals surface area contributed by atoms with Gasteiger partial charge in [-0.05, 0) is 22.7 Å². The molecule has 1 aliphatic heterocycles. The Morgan fingerprint density at radius 1 is 1.54 bits per heavy atom. The van der Waals surface area contributed by atoms with Gasteiger partial charge in [0.1, 0.15) is 0 Å². The zero-order chi connectivity index (χ0) is 9.42. The topological polar surface area (TPSA) is 81.5 Å². The third-order valence-corrected chi connectivity index (χ3v) is 2.33. The maximum atomic E-state index is 9.48. The lowest BCUT2D eigenvalue weighted by Crippen LogP contribution is -2.33. The average Bonchev–Trinajstić information content (AvgIpc) is 2.49. The van der Waals surface area contributed by atoms with Gasteiger partial charge in [-0.2, -0.15) is 0 Å². The summed E-state index contributed by atoms with van der Waals surface area (Å²) in [6, 6.07) is 3.66. The van der Waals surface area contributed by atoms with Crippen LogP contribution in [0.5, 0.6) is 0 Å². The van der Waals surface area contributed by atoms with Crippen LogP contribution < -0.4 is 16.9 Å². The van der Waals surface area contributed by atoms with Gasteiger partial charge < -0.3 is 21.1 Å². The van der Waals surface area contributed by atoms with E-state index < -0.39 is 7.12 Å². The summed E-state index contributed by atoms with van der Waals surface area (Å²) < 4.78 is 5.07. The van der Waals surface area contributed by atoms with Crippen LogP contribution in [0.15, 0.2) is 12.1 Å². The van der Waals surface area contributed by atoms with E-state index in [2.05, 4.69) is 0 Å². The van der Waals surface area contributed by atoms with Crippen LogP contribution in [0.4, 0.5) is 5.69 Å². The number of rotatable bonds is 1. The molecule has 1 aromatic carbocycles. The molecule has 1 aliphatic rings. The van der Waals surface area contributed by atoms with Crippen molar-refractivity contribution in [3.8, 4) is 0 Å². The van der Waals surface area contributed by atoms with Crippen molar-refractivity contribution >= 4 is 18.3 Å². The summed E-state index contributed by atoms with van der Waals surface area (Å²) in [6.45, 7) is 0.763. The molecule has 0 spiro atoms. The smallest absolute Gasteiger partial charge is 0.423 e. The van der Waals surface area contributed by atoms with Crippen LogP contribution in [-0.4, -0.2) is 12.1 Å². The van der Waals surface area contributed by atoms with Crippen LogP contribution in [0.25, 0.3) is 0 Å². The Morgan fingerprint density at radius 3 is 3.00 bits per heavy atom. The Balaban J connectivity index is 2.60. The van der Waals surface area contributed by atoms with E-state index in [0.717, 1.165) is 16.6 Å². The standard InChI is InChI=1S/C8H11BN2O2/c10-3-6-7(11)2-1-5-4-13-9(12)8(5)6/h1-2,12H,3-4,10-11H2. The highest BCUT2D eigenvalue weighted by molar-refractivity contribution is 6.62. The van der Waals surface area contributed by atoms with Gasteiger partial charge in [-0.25, -0.2) is 0 Å². The van der Waals surface area contributed by atoms with Gasteiger partial charge in [0.15, 0.2) is 0 Å². The van der Waals surface area contributed by atoms with Crippen molar-refractivity contribution in [3.05, 3.63) is 23.3 Å². The molecule has 0 aliphatic carbocycles. The first-order chi connectivity index (χ1) is 6.24. The van der Waals surface area contributed by atoms with Gasteiger partial charge in [-0.3, -0.25) is 0 Å². The van der Waals surface area contributed by atoms with Gasteiger partial charge >= 0.3 is 7.12 Å². The number of hydrogen-bond acceptors (Lipinski definition) is 4. The molecule has 1 aromatic rings. The monoisotopic (exact) mass is 178 g/mol. The molecule has 0 amide bonds. The Kier molecular flexibility index (Phi) is 1.99. The molecule has 68 valence electrons. The molecular formula is C8H11BN2O2.